The summed E-state index contributed by atoms with van der Waals surface area (Å²) >= 11 is 0. The van der Waals surface area contributed by atoms with E-state index >= 15 is 0 Å². The Balaban J connectivity index is 1.57. The molecule has 2 unspecified atom stereocenters. The molecular weight excluding hydrogens is 326 g/mol. The van der Waals surface area contributed by atoms with Crippen LogP contribution in [0, 0.1) is 0 Å². The normalized spacial score (nSPS) is 18.7. The van der Waals surface area contributed by atoms with Crippen molar-refractivity contribution in [1.29, 1.82) is 0 Å². The van der Waals surface area contributed by atoms with Crippen molar-refractivity contribution in [2.45, 2.75) is 24.9 Å². The van der Waals surface area contributed by atoms with Crippen LogP contribution >= 0.6 is 0 Å². The molecule has 0 radical (unpaired) electrons. The van der Waals surface area contributed by atoms with E-state index in [-0.39, 0.29) is 24.0 Å². The van der Waals surface area contributed by atoms with E-state index in [1.54, 1.807) is 13.1 Å². The number of aromatic nitrogens is 2. The Morgan fingerprint density at radius 3 is 2.58 bits per heavy atom. The van der Waals surface area contributed by atoms with Crippen molar-refractivity contribution in [3.63, 3.8) is 0 Å². The lowest BCUT2D eigenvalue weighted by Crippen LogP contribution is -2.21. The first-order valence-corrected chi connectivity index (χ1v) is 8.71. The van der Waals surface area contributed by atoms with E-state index in [0.29, 0.717) is 5.92 Å². The average molecular weight is 347 g/mol. The van der Waals surface area contributed by atoms with Gasteiger partial charge in [-0.3, -0.25) is 9.36 Å². The number of rotatable bonds is 4. The smallest absolute Gasteiger partial charge is 0.254 e. The van der Waals surface area contributed by atoms with Crippen LogP contribution in [0.4, 0.5) is 5.95 Å². The van der Waals surface area contributed by atoms with Crippen molar-refractivity contribution in [3.05, 3.63) is 81.8 Å². The highest BCUT2D eigenvalue weighted by atomic mass is 16.3. The highest BCUT2D eigenvalue weighted by Gasteiger charge is 2.41. The van der Waals surface area contributed by atoms with Gasteiger partial charge in [0.15, 0.2) is 0 Å². The standard InChI is InChI=1S/C21H21N3O2/c1-24-20(26)11-19(23-21(24)22)18-10-17(18)14-8-6-13(7-9-14)16-5-3-2-4-15(16)12-25/h2-9,11,17-18,25H,10,12H2,1H3,(H2,22,23). The fraction of sp³-hybridized carbons (Fsp3) is 0.238. The highest BCUT2D eigenvalue weighted by Crippen LogP contribution is 2.54. The maximum atomic E-state index is 11.9. The monoisotopic (exact) mass is 347 g/mol. The van der Waals surface area contributed by atoms with E-state index in [1.165, 1.54) is 10.1 Å². The number of aliphatic hydroxyl groups is 1. The Labute approximate surface area is 151 Å². The van der Waals surface area contributed by atoms with Gasteiger partial charge in [-0.2, -0.15) is 0 Å². The molecule has 3 aromatic rings. The number of nitrogens with zero attached hydrogens (tertiary/aromatic N) is 2. The van der Waals surface area contributed by atoms with E-state index in [9.17, 15) is 9.90 Å². The zero-order valence-corrected chi connectivity index (χ0v) is 14.6. The number of hydrogen-bond donors (Lipinski definition) is 2. The Hall–Kier alpha value is -2.92. The molecule has 26 heavy (non-hydrogen) atoms. The number of hydrogen-bond acceptors (Lipinski definition) is 4. The highest BCUT2D eigenvalue weighted by molar-refractivity contribution is 5.67. The van der Waals surface area contributed by atoms with Crippen molar-refractivity contribution < 1.29 is 5.11 Å². The predicted molar refractivity (Wildman–Crippen MR) is 102 cm³/mol. The Morgan fingerprint density at radius 2 is 1.88 bits per heavy atom. The fourth-order valence-corrected chi connectivity index (χ4v) is 3.51. The molecule has 1 saturated carbocycles. The van der Waals surface area contributed by atoms with Crippen molar-refractivity contribution >= 4 is 5.95 Å². The predicted octanol–water partition coefficient (Wildman–Crippen LogP) is 2.79. The van der Waals surface area contributed by atoms with Crippen molar-refractivity contribution in [2.75, 3.05) is 5.73 Å². The summed E-state index contributed by atoms with van der Waals surface area (Å²) in [5, 5.41) is 9.51. The van der Waals surface area contributed by atoms with Crippen LogP contribution in [0.15, 0.2) is 59.4 Å². The van der Waals surface area contributed by atoms with Gasteiger partial charge < -0.3 is 10.8 Å². The zero-order chi connectivity index (χ0) is 18.3. The van der Waals surface area contributed by atoms with E-state index < -0.39 is 0 Å². The Kier molecular flexibility index (Phi) is 4.09. The van der Waals surface area contributed by atoms with Crippen LogP contribution in [0.3, 0.4) is 0 Å². The van der Waals surface area contributed by atoms with E-state index in [0.717, 1.165) is 28.8 Å². The third-order valence-corrected chi connectivity index (χ3v) is 5.20. The van der Waals surface area contributed by atoms with Gasteiger partial charge in [0.05, 0.1) is 12.3 Å². The first-order chi connectivity index (χ1) is 12.6. The Morgan fingerprint density at radius 1 is 1.15 bits per heavy atom. The molecule has 4 rings (SSSR count). The minimum absolute atomic E-state index is 0.0265. The minimum atomic E-state index is -0.117. The lowest BCUT2D eigenvalue weighted by atomic mass is 9.98. The molecule has 0 bridgehead atoms. The zero-order valence-electron chi connectivity index (χ0n) is 14.6. The van der Waals surface area contributed by atoms with Gasteiger partial charge in [-0.15, -0.1) is 0 Å². The third-order valence-electron chi connectivity index (χ3n) is 5.20. The van der Waals surface area contributed by atoms with Crippen LogP contribution in [-0.4, -0.2) is 14.7 Å². The largest absolute Gasteiger partial charge is 0.392 e. The second-order valence-corrected chi connectivity index (χ2v) is 6.82. The van der Waals surface area contributed by atoms with Crippen LogP contribution in [0.25, 0.3) is 11.1 Å². The summed E-state index contributed by atoms with van der Waals surface area (Å²) in [6.45, 7) is 0.0265. The maximum Gasteiger partial charge on any atom is 0.254 e. The van der Waals surface area contributed by atoms with Crippen molar-refractivity contribution in [3.8, 4) is 11.1 Å². The van der Waals surface area contributed by atoms with Crippen LogP contribution in [0.5, 0.6) is 0 Å². The number of aliphatic hydroxyl groups excluding tert-OH is 1. The topological polar surface area (TPSA) is 81.1 Å². The van der Waals surface area contributed by atoms with Gasteiger partial charge in [0.2, 0.25) is 5.95 Å². The number of nitrogen functional groups attached to an aromatic ring is 1. The number of anilines is 1. The maximum absolute atomic E-state index is 11.9. The molecule has 1 aromatic heterocycles. The number of nitrogens with two attached hydrogens (primary N) is 1. The molecule has 132 valence electrons. The summed E-state index contributed by atoms with van der Waals surface area (Å²) in [5.41, 5.74) is 10.8. The summed E-state index contributed by atoms with van der Waals surface area (Å²) in [4.78, 5) is 16.3. The SMILES string of the molecule is Cn1c(N)nc(C2CC2c2ccc(-c3ccccc3CO)cc2)cc1=O. The summed E-state index contributed by atoms with van der Waals surface area (Å²) < 4.78 is 1.36. The Bertz CT molecular complexity index is 1010. The van der Waals surface area contributed by atoms with Crippen LogP contribution in [0.2, 0.25) is 0 Å². The van der Waals surface area contributed by atoms with Crippen molar-refractivity contribution in [1.82, 2.24) is 9.55 Å². The first kappa shape index (κ1) is 16.5. The van der Waals surface area contributed by atoms with Gasteiger partial charge in [-0.05, 0) is 34.6 Å². The molecule has 0 saturated heterocycles. The molecular formula is C21H21N3O2. The average Bonchev–Trinajstić information content (AvgIpc) is 3.46. The lowest BCUT2D eigenvalue weighted by Gasteiger charge is -2.09. The molecule has 2 atom stereocenters. The molecule has 0 aliphatic heterocycles. The van der Waals surface area contributed by atoms with E-state index in [4.69, 9.17) is 5.73 Å². The molecule has 1 aliphatic carbocycles. The molecule has 0 spiro atoms. The third kappa shape index (κ3) is 2.91. The summed E-state index contributed by atoms with van der Waals surface area (Å²) in [7, 11) is 1.63. The minimum Gasteiger partial charge on any atom is -0.392 e. The number of benzene rings is 2. The molecule has 5 heteroatoms. The second kappa shape index (κ2) is 6.42. The van der Waals surface area contributed by atoms with Crippen LogP contribution < -0.4 is 11.3 Å². The van der Waals surface area contributed by atoms with Gasteiger partial charge in [0.1, 0.15) is 0 Å². The second-order valence-electron chi connectivity index (χ2n) is 6.82. The summed E-state index contributed by atoms with van der Waals surface area (Å²) in [6.07, 6.45) is 0.978. The molecule has 2 aromatic carbocycles. The molecule has 5 nitrogen and oxygen atoms in total. The van der Waals surface area contributed by atoms with Crippen LogP contribution in [-0.2, 0) is 13.7 Å². The quantitative estimate of drug-likeness (QED) is 0.760. The molecule has 3 N–H and O–H groups in total. The molecule has 1 aliphatic rings. The molecule has 0 amide bonds. The molecule has 1 fully saturated rings. The van der Waals surface area contributed by atoms with Gasteiger partial charge in [-0.1, -0.05) is 48.5 Å². The van der Waals surface area contributed by atoms with Gasteiger partial charge >= 0.3 is 0 Å². The van der Waals surface area contributed by atoms with E-state index in [1.807, 2.05) is 24.3 Å². The van der Waals surface area contributed by atoms with Gasteiger partial charge in [0.25, 0.3) is 5.56 Å². The lowest BCUT2D eigenvalue weighted by molar-refractivity contribution is 0.282. The summed E-state index contributed by atoms with van der Waals surface area (Å²) in [5.74, 6) is 0.882. The van der Waals surface area contributed by atoms with Gasteiger partial charge in [0, 0.05) is 19.0 Å². The first-order valence-electron chi connectivity index (χ1n) is 8.71. The van der Waals surface area contributed by atoms with Crippen molar-refractivity contribution in [2.24, 2.45) is 7.05 Å². The van der Waals surface area contributed by atoms with Gasteiger partial charge in [-0.25, -0.2) is 4.98 Å². The van der Waals surface area contributed by atoms with Crippen LogP contribution in [0.1, 0.15) is 35.1 Å². The summed E-state index contributed by atoms with van der Waals surface area (Å²) in [6, 6.07) is 17.9. The fourth-order valence-electron chi connectivity index (χ4n) is 3.51. The van der Waals surface area contributed by atoms with E-state index in [2.05, 4.69) is 29.2 Å². The molecule has 1 heterocycles.